The fraction of sp³-hybridized carbons (Fsp3) is 0.855. The Balaban J connectivity index is 3.81. The second-order valence-corrected chi connectivity index (χ2v) is 23.5. The zero-order valence-corrected chi connectivity index (χ0v) is 48.6. The number of nitrogens with zero attached hydrogens (tertiary/aromatic N) is 1. The van der Waals surface area contributed by atoms with Crippen molar-refractivity contribution in [2.45, 2.75) is 302 Å². The van der Waals surface area contributed by atoms with Gasteiger partial charge in [-0.05, 0) is 64.2 Å². The Morgan fingerprint density at radius 2 is 0.817 bits per heavy atom. The zero-order valence-electron chi connectivity index (χ0n) is 47.7. The maximum absolute atomic E-state index is 12.9. The number of aliphatic hydroxyl groups excluding tert-OH is 1. The molecule has 0 aliphatic carbocycles. The van der Waals surface area contributed by atoms with E-state index >= 15 is 0 Å². The zero-order chi connectivity index (χ0) is 52.0. The van der Waals surface area contributed by atoms with Crippen LogP contribution in [0.4, 0.5) is 0 Å². The molecule has 3 N–H and O–H groups in total. The van der Waals surface area contributed by atoms with Crippen LogP contribution in [0, 0.1) is 0 Å². The van der Waals surface area contributed by atoms with E-state index in [0.29, 0.717) is 17.4 Å². The Morgan fingerprint density at radius 3 is 1.20 bits per heavy atom. The molecular weight excluding hydrogens is 900 g/mol. The smallest absolute Gasteiger partial charge is 0.387 e. The highest BCUT2D eigenvalue weighted by Gasteiger charge is 2.27. The van der Waals surface area contributed by atoms with Gasteiger partial charge in [0.1, 0.15) is 13.2 Å². The molecule has 0 heterocycles. The average molecular weight is 1020 g/mol. The molecule has 9 heteroatoms. The quantitative estimate of drug-likeness (QED) is 0.0243. The number of allylic oxidation sites excluding steroid dienone is 7. The molecule has 71 heavy (non-hydrogen) atoms. The summed E-state index contributed by atoms with van der Waals surface area (Å²) < 4.78 is 23.6. The Labute approximate surface area is 441 Å². The maximum Gasteiger partial charge on any atom is 0.472 e. The minimum Gasteiger partial charge on any atom is -0.387 e. The molecule has 1 amide bonds. The Hall–Kier alpha value is -1.54. The van der Waals surface area contributed by atoms with Crippen LogP contribution < -0.4 is 5.32 Å². The summed E-state index contributed by atoms with van der Waals surface area (Å²) in [6, 6.07) is -0.867. The Morgan fingerprint density at radius 1 is 0.479 bits per heavy atom. The van der Waals surface area contributed by atoms with E-state index in [1.807, 2.05) is 27.2 Å². The standard InChI is InChI=1S/C62H119N2O6P/c1-6-8-10-12-14-16-18-19-20-21-22-23-24-25-26-27-28-29-30-31-32-33-34-35-36-37-38-39-40-41-42-43-44-45-46-48-50-52-54-56-62(66)63-60(59-70-71(67,68)69-58-57-64(3,4)5)61(65)55-53-51-49-47-17-15-13-11-9-7-2/h9,11,17,21-22,47,53,55,60-61,65H,6-8,10,12-16,18-20,23-46,48-52,54,56-59H2,1-5H3,(H-,63,66,67,68)/p+1/b11-9+,22-21-,47-17+,55-53+. The first kappa shape index (κ1) is 69.5. The molecule has 0 aliphatic heterocycles. The summed E-state index contributed by atoms with van der Waals surface area (Å²) in [5.74, 6) is -0.190. The topological polar surface area (TPSA) is 105 Å². The number of phosphoric acid groups is 1. The number of unbranched alkanes of at least 4 members (excludes halogenated alkanes) is 37. The number of nitrogens with one attached hydrogen (secondary N) is 1. The van der Waals surface area contributed by atoms with Gasteiger partial charge in [-0.3, -0.25) is 13.8 Å². The van der Waals surface area contributed by atoms with Gasteiger partial charge in [-0.15, -0.1) is 0 Å². The first-order chi connectivity index (χ1) is 34.5. The number of quaternary nitrogens is 1. The lowest BCUT2D eigenvalue weighted by Gasteiger charge is -2.25. The third-order valence-corrected chi connectivity index (χ3v) is 14.7. The van der Waals surface area contributed by atoms with Gasteiger partial charge in [0.05, 0.1) is 39.9 Å². The van der Waals surface area contributed by atoms with Crippen molar-refractivity contribution in [2.75, 3.05) is 40.9 Å². The van der Waals surface area contributed by atoms with Crippen molar-refractivity contribution < 1.29 is 32.9 Å². The molecule has 0 rings (SSSR count). The summed E-state index contributed by atoms with van der Waals surface area (Å²) in [4.78, 5) is 23.2. The molecule has 0 saturated carbocycles. The summed E-state index contributed by atoms with van der Waals surface area (Å²) in [5.41, 5.74) is 0. The van der Waals surface area contributed by atoms with Gasteiger partial charge in [0.15, 0.2) is 0 Å². The molecule has 0 aromatic heterocycles. The van der Waals surface area contributed by atoms with Crippen LogP contribution in [0.1, 0.15) is 290 Å². The van der Waals surface area contributed by atoms with E-state index < -0.39 is 20.0 Å². The number of aliphatic hydroxyl groups is 1. The van der Waals surface area contributed by atoms with Crippen LogP contribution >= 0.6 is 7.82 Å². The normalized spacial score (nSPS) is 14.2. The maximum atomic E-state index is 12.9. The Bertz CT molecular complexity index is 1290. The Kier molecular flexibility index (Phi) is 52.1. The van der Waals surface area contributed by atoms with Crippen LogP contribution in [-0.2, 0) is 18.4 Å². The number of rotatable bonds is 56. The van der Waals surface area contributed by atoms with Gasteiger partial charge < -0.3 is 19.8 Å². The lowest BCUT2D eigenvalue weighted by Crippen LogP contribution is -2.45. The molecule has 8 nitrogen and oxygen atoms in total. The van der Waals surface area contributed by atoms with Crippen molar-refractivity contribution in [1.29, 1.82) is 0 Å². The third-order valence-electron chi connectivity index (χ3n) is 13.8. The molecule has 0 aliphatic rings. The lowest BCUT2D eigenvalue weighted by atomic mass is 10.0. The molecular formula is C62H120N2O6P+. The fourth-order valence-electron chi connectivity index (χ4n) is 9.02. The highest BCUT2D eigenvalue weighted by Crippen LogP contribution is 2.43. The van der Waals surface area contributed by atoms with Crippen LogP contribution in [0.15, 0.2) is 48.6 Å². The number of hydrogen-bond acceptors (Lipinski definition) is 5. The third kappa shape index (κ3) is 56.0. The number of carbonyl (C=O) groups excluding carboxylic acids is 1. The van der Waals surface area contributed by atoms with E-state index in [9.17, 15) is 19.4 Å². The summed E-state index contributed by atoms with van der Waals surface area (Å²) in [6.07, 6.45) is 71.4. The molecule has 3 atom stereocenters. The largest absolute Gasteiger partial charge is 0.472 e. The second kappa shape index (κ2) is 53.3. The van der Waals surface area contributed by atoms with Crippen molar-refractivity contribution in [2.24, 2.45) is 0 Å². The average Bonchev–Trinajstić information content (AvgIpc) is 3.33. The van der Waals surface area contributed by atoms with Crippen molar-refractivity contribution in [3.8, 4) is 0 Å². The second-order valence-electron chi connectivity index (χ2n) is 22.0. The van der Waals surface area contributed by atoms with Gasteiger partial charge in [0.25, 0.3) is 0 Å². The predicted octanol–water partition coefficient (Wildman–Crippen LogP) is 18.7. The monoisotopic (exact) mass is 1020 g/mol. The van der Waals surface area contributed by atoms with Gasteiger partial charge in [-0.1, -0.05) is 268 Å². The van der Waals surface area contributed by atoms with Crippen molar-refractivity contribution in [3.05, 3.63) is 48.6 Å². The van der Waals surface area contributed by atoms with Crippen LogP contribution in [-0.4, -0.2) is 73.4 Å². The molecule has 0 aromatic carbocycles. The number of phosphoric ester groups is 1. The molecule has 0 fully saturated rings. The summed E-state index contributed by atoms with van der Waals surface area (Å²) in [6.45, 7) is 4.68. The van der Waals surface area contributed by atoms with Gasteiger partial charge in [-0.25, -0.2) is 4.57 Å². The van der Waals surface area contributed by atoms with E-state index in [-0.39, 0.29) is 19.1 Å². The first-order valence-corrected chi connectivity index (χ1v) is 32.0. The molecule has 0 spiro atoms. The van der Waals surface area contributed by atoms with E-state index in [1.54, 1.807) is 6.08 Å². The highest BCUT2D eigenvalue weighted by atomic mass is 31.2. The van der Waals surface area contributed by atoms with Gasteiger partial charge in [0, 0.05) is 6.42 Å². The summed E-state index contributed by atoms with van der Waals surface area (Å²) in [7, 11) is 1.55. The SMILES string of the molecule is CC/C=C/CC/C=C/CC/C=C/C(O)C(COP(=O)(O)OCC[N+](C)(C)C)NC(=O)CCCCCCCCCCCCCCCCCCCCCCCCCCCCC/C=C\CCCCCCCCCC. The number of amides is 1. The summed E-state index contributed by atoms with van der Waals surface area (Å²) >= 11 is 0. The van der Waals surface area contributed by atoms with Crippen LogP contribution in [0.25, 0.3) is 0 Å². The highest BCUT2D eigenvalue weighted by molar-refractivity contribution is 7.47. The van der Waals surface area contributed by atoms with Crippen LogP contribution in [0.3, 0.4) is 0 Å². The number of carbonyl (C=O) groups is 1. The fourth-order valence-corrected chi connectivity index (χ4v) is 9.76. The van der Waals surface area contributed by atoms with E-state index in [0.717, 1.165) is 51.4 Å². The van der Waals surface area contributed by atoms with Crippen molar-refractivity contribution in [3.63, 3.8) is 0 Å². The van der Waals surface area contributed by atoms with E-state index in [4.69, 9.17) is 9.05 Å². The molecule has 3 unspecified atom stereocenters. The van der Waals surface area contributed by atoms with Crippen molar-refractivity contribution in [1.82, 2.24) is 5.32 Å². The van der Waals surface area contributed by atoms with E-state index in [1.165, 1.54) is 218 Å². The van der Waals surface area contributed by atoms with Gasteiger partial charge >= 0.3 is 7.82 Å². The van der Waals surface area contributed by atoms with Crippen LogP contribution in [0.5, 0.6) is 0 Å². The van der Waals surface area contributed by atoms with E-state index in [2.05, 4.69) is 55.6 Å². The first-order valence-electron chi connectivity index (χ1n) is 30.5. The summed E-state index contributed by atoms with van der Waals surface area (Å²) in [5, 5.41) is 13.8. The molecule has 0 saturated heterocycles. The van der Waals surface area contributed by atoms with Gasteiger partial charge in [0.2, 0.25) is 5.91 Å². The lowest BCUT2D eigenvalue weighted by molar-refractivity contribution is -0.870. The van der Waals surface area contributed by atoms with Gasteiger partial charge in [-0.2, -0.15) is 0 Å². The number of hydrogen-bond donors (Lipinski definition) is 3. The molecule has 0 radical (unpaired) electrons. The number of likely N-dealkylation sites (N-methyl/N-ethyl adjacent to an activating group) is 1. The molecule has 418 valence electrons. The molecule has 0 aromatic rings. The molecule has 0 bridgehead atoms. The minimum absolute atomic E-state index is 0.0538. The predicted molar refractivity (Wildman–Crippen MR) is 309 cm³/mol. The van der Waals surface area contributed by atoms with Crippen molar-refractivity contribution >= 4 is 13.7 Å². The van der Waals surface area contributed by atoms with Crippen LogP contribution in [0.2, 0.25) is 0 Å². The minimum atomic E-state index is -4.35.